The van der Waals surface area contributed by atoms with Gasteiger partial charge in [0.05, 0.1) is 5.69 Å². The van der Waals surface area contributed by atoms with Crippen LogP contribution in [0.4, 0.5) is 0 Å². The number of aryl methyl sites for hydroxylation is 1. The normalized spacial score (nSPS) is 24.3. The lowest BCUT2D eigenvalue weighted by molar-refractivity contribution is -0.122. The molecule has 1 aliphatic heterocycles. The number of hydrogen-bond acceptors (Lipinski definition) is 2. The van der Waals surface area contributed by atoms with Crippen molar-refractivity contribution in [1.82, 2.24) is 14.9 Å². The van der Waals surface area contributed by atoms with Crippen LogP contribution >= 0.6 is 0 Å². The predicted octanol–water partition coefficient (Wildman–Crippen LogP) is 2.97. The lowest BCUT2D eigenvalue weighted by Crippen LogP contribution is -2.41. The van der Waals surface area contributed by atoms with Crippen molar-refractivity contribution in [2.75, 3.05) is 0 Å². The smallest absolute Gasteiger partial charge is 0.220 e. The Morgan fingerprint density at radius 1 is 1.41 bits per heavy atom. The monoisotopic (exact) mass is 301 g/mol. The van der Waals surface area contributed by atoms with Crippen LogP contribution in [0.2, 0.25) is 0 Å². The largest absolute Gasteiger partial charge is 0.352 e. The predicted molar refractivity (Wildman–Crippen MR) is 87.7 cm³/mol. The van der Waals surface area contributed by atoms with Crippen LogP contribution in [0.15, 0.2) is 18.3 Å². The highest BCUT2D eigenvalue weighted by Crippen LogP contribution is 2.25. The minimum absolute atomic E-state index is 0.0812. The second-order valence-electron chi connectivity index (χ2n) is 7.72. The average Bonchev–Trinajstić information content (AvgIpc) is 3.06. The van der Waals surface area contributed by atoms with E-state index in [1.807, 2.05) is 0 Å². The molecule has 0 saturated heterocycles. The third kappa shape index (κ3) is 3.42. The number of imidazole rings is 1. The molecule has 3 rings (SSSR count). The highest BCUT2D eigenvalue weighted by atomic mass is 16.1. The molecule has 1 aliphatic carbocycles. The summed E-state index contributed by atoms with van der Waals surface area (Å²) < 4.78 is 2.23. The number of fused-ring (bicyclic) bond motifs is 1. The van der Waals surface area contributed by atoms with E-state index in [9.17, 15) is 4.79 Å². The van der Waals surface area contributed by atoms with Gasteiger partial charge in [-0.1, -0.05) is 32.9 Å². The zero-order chi connectivity index (χ0) is 15.7. The SMILES string of the molecule is CC(C)(C)c1cn2c(n1)CCC(NC(=O)CC1C=CCC1)C2. The molecule has 0 fully saturated rings. The molecule has 4 heteroatoms. The number of amides is 1. The summed E-state index contributed by atoms with van der Waals surface area (Å²) in [6, 6.07) is 0.243. The van der Waals surface area contributed by atoms with Crippen LogP contribution in [-0.4, -0.2) is 21.5 Å². The number of allylic oxidation sites excluding steroid dienone is 2. The lowest BCUT2D eigenvalue weighted by Gasteiger charge is -2.25. The minimum Gasteiger partial charge on any atom is -0.352 e. The van der Waals surface area contributed by atoms with Crippen molar-refractivity contribution in [3.8, 4) is 0 Å². The Labute approximate surface area is 133 Å². The molecule has 1 aromatic rings. The Morgan fingerprint density at radius 2 is 2.23 bits per heavy atom. The highest BCUT2D eigenvalue weighted by Gasteiger charge is 2.25. The number of carbonyl (C=O) groups is 1. The van der Waals surface area contributed by atoms with Gasteiger partial charge in [-0.15, -0.1) is 0 Å². The summed E-state index contributed by atoms with van der Waals surface area (Å²) in [5.41, 5.74) is 1.23. The summed E-state index contributed by atoms with van der Waals surface area (Å²) in [5.74, 6) is 1.80. The summed E-state index contributed by atoms with van der Waals surface area (Å²) >= 11 is 0. The number of hydrogen-bond donors (Lipinski definition) is 1. The molecule has 4 nitrogen and oxygen atoms in total. The fraction of sp³-hybridized carbons (Fsp3) is 0.667. The van der Waals surface area contributed by atoms with E-state index in [0.29, 0.717) is 12.3 Å². The molecular formula is C18H27N3O. The van der Waals surface area contributed by atoms with Gasteiger partial charge in [0.15, 0.2) is 0 Å². The molecule has 2 aliphatic rings. The van der Waals surface area contributed by atoms with Gasteiger partial charge >= 0.3 is 0 Å². The number of carbonyl (C=O) groups excluding carboxylic acids is 1. The van der Waals surface area contributed by atoms with Crippen molar-refractivity contribution >= 4 is 5.91 Å². The first-order valence-electron chi connectivity index (χ1n) is 8.44. The van der Waals surface area contributed by atoms with Crippen molar-refractivity contribution in [1.29, 1.82) is 0 Å². The Balaban J connectivity index is 1.58. The molecule has 0 spiro atoms. The van der Waals surface area contributed by atoms with Crippen LogP contribution in [0.3, 0.4) is 0 Å². The third-order valence-electron chi connectivity index (χ3n) is 4.69. The molecule has 1 aromatic heterocycles. The van der Waals surface area contributed by atoms with E-state index in [-0.39, 0.29) is 17.4 Å². The molecule has 1 amide bonds. The Hall–Kier alpha value is -1.58. The molecule has 2 unspecified atom stereocenters. The zero-order valence-electron chi connectivity index (χ0n) is 13.9. The summed E-state index contributed by atoms with van der Waals surface area (Å²) in [4.78, 5) is 16.9. The maximum atomic E-state index is 12.2. The molecule has 0 bridgehead atoms. The van der Waals surface area contributed by atoms with Crippen molar-refractivity contribution in [2.24, 2.45) is 5.92 Å². The van der Waals surface area contributed by atoms with Crippen LogP contribution in [-0.2, 0) is 23.2 Å². The number of rotatable bonds is 3. The molecule has 22 heavy (non-hydrogen) atoms. The molecular weight excluding hydrogens is 274 g/mol. The van der Waals surface area contributed by atoms with Gasteiger partial charge in [0.25, 0.3) is 0 Å². The number of nitrogens with one attached hydrogen (secondary N) is 1. The van der Waals surface area contributed by atoms with Gasteiger partial charge in [-0.25, -0.2) is 4.98 Å². The summed E-state index contributed by atoms with van der Waals surface area (Å²) in [6.07, 6.45) is 11.4. The van der Waals surface area contributed by atoms with Gasteiger partial charge < -0.3 is 9.88 Å². The van der Waals surface area contributed by atoms with E-state index in [0.717, 1.165) is 43.7 Å². The molecule has 0 radical (unpaired) electrons. The molecule has 0 saturated carbocycles. The topological polar surface area (TPSA) is 46.9 Å². The van der Waals surface area contributed by atoms with Crippen molar-refractivity contribution in [3.05, 3.63) is 29.9 Å². The Bertz CT molecular complexity index is 580. The van der Waals surface area contributed by atoms with E-state index in [2.05, 4.69) is 49.0 Å². The van der Waals surface area contributed by atoms with E-state index in [1.54, 1.807) is 0 Å². The molecule has 0 aromatic carbocycles. The van der Waals surface area contributed by atoms with Crippen LogP contribution in [0, 0.1) is 5.92 Å². The first-order chi connectivity index (χ1) is 10.4. The Morgan fingerprint density at radius 3 is 2.91 bits per heavy atom. The van der Waals surface area contributed by atoms with E-state index in [1.165, 1.54) is 0 Å². The van der Waals surface area contributed by atoms with Crippen molar-refractivity contribution in [3.63, 3.8) is 0 Å². The second kappa shape index (κ2) is 5.90. The van der Waals surface area contributed by atoms with Crippen molar-refractivity contribution in [2.45, 2.75) is 70.9 Å². The summed E-state index contributed by atoms with van der Waals surface area (Å²) in [6.45, 7) is 7.42. The van der Waals surface area contributed by atoms with Crippen LogP contribution in [0.5, 0.6) is 0 Å². The van der Waals surface area contributed by atoms with Crippen LogP contribution in [0.25, 0.3) is 0 Å². The molecule has 120 valence electrons. The first kappa shape index (κ1) is 15.3. The van der Waals surface area contributed by atoms with E-state index >= 15 is 0 Å². The van der Waals surface area contributed by atoms with E-state index < -0.39 is 0 Å². The standard InChI is InChI=1S/C18H27N3O/c1-18(2,3)15-12-21-11-14(8-9-16(21)20-15)19-17(22)10-13-6-4-5-7-13/h4,6,12-14H,5,7-11H2,1-3H3,(H,19,22). The van der Waals surface area contributed by atoms with Gasteiger partial charge in [-0.05, 0) is 25.2 Å². The lowest BCUT2D eigenvalue weighted by atomic mass is 9.93. The van der Waals surface area contributed by atoms with Gasteiger partial charge in [-0.2, -0.15) is 0 Å². The fourth-order valence-electron chi connectivity index (χ4n) is 3.31. The Kier molecular flexibility index (Phi) is 4.11. The summed E-state index contributed by atoms with van der Waals surface area (Å²) in [5, 5.41) is 3.21. The molecule has 2 atom stereocenters. The first-order valence-corrected chi connectivity index (χ1v) is 8.44. The summed E-state index contributed by atoms with van der Waals surface area (Å²) in [7, 11) is 0. The zero-order valence-corrected chi connectivity index (χ0v) is 13.9. The molecule has 2 heterocycles. The van der Waals surface area contributed by atoms with Crippen LogP contribution in [0.1, 0.15) is 58.0 Å². The maximum Gasteiger partial charge on any atom is 0.220 e. The van der Waals surface area contributed by atoms with Crippen molar-refractivity contribution < 1.29 is 4.79 Å². The van der Waals surface area contributed by atoms with E-state index in [4.69, 9.17) is 4.98 Å². The molecule has 1 N–H and O–H groups in total. The second-order valence-corrected chi connectivity index (χ2v) is 7.72. The average molecular weight is 301 g/mol. The quantitative estimate of drug-likeness (QED) is 0.873. The fourth-order valence-corrected chi connectivity index (χ4v) is 3.31. The van der Waals surface area contributed by atoms with Gasteiger partial charge in [0.1, 0.15) is 5.82 Å². The van der Waals surface area contributed by atoms with Gasteiger partial charge in [-0.3, -0.25) is 4.79 Å². The maximum absolute atomic E-state index is 12.2. The highest BCUT2D eigenvalue weighted by molar-refractivity contribution is 5.76. The van der Waals surface area contributed by atoms with Gasteiger partial charge in [0, 0.05) is 37.0 Å². The van der Waals surface area contributed by atoms with Gasteiger partial charge in [0.2, 0.25) is 5.91 Å². The number of aromatic nitrogens is 2. The van der Waals surface area contributed by atoms with Crippen LogP contribution < -0.4 is 5.32 Å². The third-order valence-corrected chi connectivity index (χ3v) is 4.69. The number of nitrogens with zero attached hydrogens (tertiary/aromatic N) is 2. The minimum atomic E-state index is 0.0812.